The van der Waals surface area contributed by atoms with Crippen LogP contribution in [0, 0.1) is 12.7 Å². The van der Waals surface area contributed by atoms with Crippen molar-refractivity contribution in [3.63, 3.8) is 0 Å². The van der Waals surface area contributed by atoms with Crippen LogP contribution >= 0.6 is 23.2 Å². The Balaban J connectivity index is 2.10. The molecule has 0 fully saturated rings. The summed E-state index contributed by atoms with van der Waals surface area (Å²) in [5.74, 6) is -0.561. The average Bonchev–Trinajstić information content (AvgIpc) is 2.55. The minimum atomic E-state index is -0.561. The van der Waals surface area contributed by atoms with Gasteiger partial charge in [-0.25, -0.2) is 14.4 Å². The molecule has 4 aromatic rings. The van der Waals surface area contributed by atoms with Gasteiger partial charge in [0.25, 0.3) is 0 Å². The van der Waals surface area contributed by atoms with Gasteiger partial charge in [-0.2, -0.15) is 0 Å². The molecule has 6 heteroatoms. The van der Waals surface area contributed by atoms with Crippen molar-refractivity contribution < 1.29 is 4.39 Å². The molecule has 4 rings (SSSR count). The Kier molecular flexibility index (Phi) is 3.59. The molecule has 0 radical (unpaired) electrons. The summed E-state index contributed by atoms with van der Waals surface area (Å²) in [5, 5.41) is 2.25. The van der Waals surface area contributed by atoms with Gasteiger partial charge >= 0.3 is 0 Å². The summed E-state index contributed by atoms with van der Waals surface area (Å²) in [5.41, 5.74) is 2.00. The van der Waals surface area contributed by atoms with Crippen molar-refractivity contribution in [2.24, 2.45) is 0 Å². The zero-order valence-corrected chi connectivity index (χ0v) is 14.0. The number of halogens is 3. The van der Waals surface area contributed by atoms with Gasteiger partial charge in [0.05, 0.1) is 5.39 Å². The summed E-state index contributed by atoms with van der Waals surface area (Å²) in [4.78, 5) is 12.1. The SMILES string of the molecule is Cc1cc(-c2ncc3c(Cl)nc(Cl)nc3c2F)c2ccccc2c1. The maximum atomic E-state index is 15.1. The molecule has 0 atom stereocenters. The van der Waals surface area contributed by atoms with Crippen LogP contribution < -0.4 is 0 Å². The summed E-state index contributed by atoms with van der Waals surface area (Å²) >= 11 is 11.8. The summed E-state index contributed by atoms with van der Waals surface area (Å²) < 4.78 is 15.1. The van der Waals surface area contributed by atoms with E-state index in [0.717, 1.165) is 16.3 Å². The maximum Gasteiger partial charge on any atom is 0.224 e. The molecule has 0 saturated heterocycles. The van der Waals surface area contributed by atoms with Crippen molar-refractivity contribution in [1.29, 1.82) is 0 Å². The number of benzene rings is 2. The normalized spacial score (nSPS) is 11.3. The molecule has 3 nitrogen and oxygen atoms in total. The third-order valence-electron chi connectivity index (χ3n) is 3.87. The lowest BCUT2D eigenvalue weighted by atomic mass is 9.98. The first-order chi connectivity index (χ1) is 11.5. The smallest absolute Gasteiger partial charge is 0.224 e. The topological polar surface area (TPSA) is 38.7 Å². The highest BCUT2D eigenvalue weighted by Crippen LogP contribution is 2.34. The molecule has 0 aliphatic rings. The van der Waals surface area contributed by atoms with E-state index < -0.39 is 5.82 Å². The first-order valence-corrected chi connectivity index (χ1v) is 7.97. The first-order valence-electron chi connectivity index (χ1n) is 7.21. The lowest BCUT2D eigenvalue weighted by molar-refractivity contribution is 0.635. The standard InChI is InChI=1S/C18H10Cl2FN3/c1-9-6-10-4-2-3-5-11(10)12(7-9)15-14(21)16-13(8-22-15)17(19)24-18(20)23-16/h2-8H,1H3. The van der Waals surface area contributed by atoms with Gasteiger partial charge in [-0.15, -0.1) is 0 Å². The van der Waals surface area contributed by atoms with E-state index >= 15 is 4.39 Å². The van der Waals surface area contributed by atoms with E-state index in [9.17, 15) is 0 Å². The number of aromatic nitrogens is 3. The molecule has 0 saturated carbocycles. The largest absolute Gasteiger partial charge is 0.252 e. The van der Waals surface area contributed by atoms with Gasteiger partial charge < -0.3 is 0 Å². The van der Waals surface area contributed by atoms with Gasteiger partial charge in [-0.3, -0.25) is 4.98 Å². The van der Waals surface area contributed by atoms with Crippen LogP contribution in [0.4, 0.5) is 4.39 Å². The van der Waals surface area contributed by atoms with Crippen LogP contribution in [0.25, 0.3) is 32.9 Å². The number of pyridine rings is 1. The second kappa shape index (κ2) is 5.65. The van der Waals surface area contributed by atoms with Crippen molar-refractivity contribution in [1.82, 2.24) is 15.0 Å². The van der Waals surface area contributed by atoms with Crippen molar-refractivity contribution in [3.05, 3.63) is 64.4 Å². The van der Waals surface area contributed by atoms with Gasteiger partial charge in [0.1, 0.15) is 16.4 Å². The van der Waals surface area contributed by atoms with E-state index in [-0.39, 0.29) is 21.6 Å². The van der Waals surface area contributed by atoms with Crippen molar-refractivity contribution in [3.8, 4) is 11.3 Å². The molecule has 118 valence electrons. The number of nitrogens with zero attached hydrogens (tertiary/aromatic N) is 3. The molecule has 0 aliphatic heterocycles. The quantitative estimate of drug-likeness (QED) is 0.328. The van der Waals surface area contributed by atoms with Gasteiger partial charge in [0, 0.05) is 11.8 Å². The third-order valence-corrected chi connectivity index (χ3v) is 4.33. The molecule has 0 aliphatic carbocycles. The molecule has 0 unspecified atom stereocenters. The van der Waals surface area contributed by atoms with Crippen LogP contribution in [0.1, 0.15) is 5.56 Å². The molecule has 0 N–H and O–H groups in total. The van der Waals surface area contributed by atoms with Crippen LogP contribution in [0.3, 0.4) is 0 Å². The van der Waals surface area contributed by atoms with Gasteiger partial charge in [0.15, 0.2) is 5.82 Å². The molecule has 0 spiro atoms. The summed E-state index contributed by atoms with van der Waals surface area (Å²) in [6.45, 7) is 1.96. The fourth-order valence-electron chi connectivity index (χ4n) is 2.84. The fraction of sp³-hybridized carbons (Fsp3) is 0.0556. The second-order valence-electron chi connectivity index (χ2n) is 5.50. The summed E-state index contributed by atoms with van der Waals surface area (Å²) in [6, 6.07) is 11.7. The Hall–Kier alpha value is -2.30. The Morgan fingerprint density at radius 2 is 1.79 bits per heavy atom. The number of hydrogen-bond acceptors (Lipinski definition) is 3. The van der Waals surface area contributed by atoms with Crippen LogP contribution in [0.2, 0.25) is 10.4 Å². The second-order valence-corrected chi connectivity index (χ2v) is 6.20. The number of aryl methyl sites for hydroxylation is 1. The van der Waals surface area contributed by atoms with Gasteiger partial charge in [-0.05, 0) is 40.9 Å². The van der Waals surface area contributed by atoms with E-state index in [1.54, 1.807) is 0 Å². The van der Waals surface area contributed by atoms with E-state index in [1.165, 1.54) is 6.20 Å². The fourth-order valence-corrected chi connectivity index (χ4v) is 3.27. The minimum absolute atomic E-state index is 0.0654. The third kappa shape index (κ3) is 2.39. The van der Waals surface area contributed by atoms with Crippen LogP contribution in [-0.4, -0.2) is 15.0 Å². The van der Waals surface area contributed by atoms with Crippen LogP contribution in [0.15, 0.2) is 42.6 Å². The molecular formula is C18H10Cl2FN3. The number of rotatable bonds is 1. The first kappa shape index (κ1) is 15.2. The highest BCUT2D eigenvalue weighted by Gasteiger charge is 2.17. The van der Waals surface area contributed by atoms with Gasteiger partial charge in [-0.1, -0.05) is 41.9 Å². The van der Waals surface area contributed by atoms with E-state index in [0.29, 0.717) is 10.9 Å². The minimum Gasteiger partial charge on any atom is -0.252 e. The molecule has 24 heavy (non-hydrogen) atoms. The molecule has 2 aromatic heterocycles. The highest BCUT2D eigenvalue weighted by atomic mass is 35.5. The van der Waals surface area contributed by atoms with Crippen molar-refractivity contribution >= 4 is 44.9 Å². The molecule has 0 bridgehead atoms. The molecule has 2 aromatic carbocycles. The monoisotopic (exact) mass is 357 g/mol. The Labute approximate surface area is 147 Å². The Bertz CT molecular complexity index is 1110. The Morgan fingerprint density at radius 1 is 1.00 bits per heavy atom. The number of fused-ring (bicyclic) bond motifs is 2. The lowest BCUT2D eigenvalue weighted by Gasteiger charge is -2.10. The number of hydrogen-bond donors (Lipinski definition) is 0. The molecule has 0 amide bonds. The van der Waals surface area contributed by atoms with E-state index in [2.05, 4.69) is 15.0 Å². The highest BCUT2D eigenvalue weighted by molar-refractivity contribution is 6.35. The lowest BCUT2D eigenvalue weighted by Crippen LogP contribution is -1.97. The average molecular weight is 358 g/mol. The van der Waals surface area contributed by atoms with Crippen LogP contribution in [-0.2, 0) is 0 Å². The zero-order valence-electron chi connectivity index (χ0n) is 12.5. The molecule has 2 heterocycles. The van der Waals surface area contributed by atoms with Crippen molar-refractivity contribution in [2.75, 3.05) is 0 Å². The maximum absolute atomic E-state index is 15.1. The van der Waals surface area contributed by atoms with Crippen LogP contribution in [0.5, 0.6) is 0 Å². The summed E-state index contributed by atoms with van der Waals surface area (Å²) in [7, 11) is 0. The summed E-state index contributed by atoms with van der Waals surface area (Å²) in [6.07, 6.45) is 1.48. The predicted octanol–water partition coefficient (Wildman–Crippen LogP) is 5.60. The molecular weight excluding hydrogens is 348 g/mol. The van der Waals surface area contributed by atoms with Crippen molar-refractivity contribution in [2.45, 2.75) is 6.92 Å². The van der Waals surface area contributed by atoms with E-state index in [1.807, 2.05) is 43.3 Å². The predicted molar refractivity (Wildman–Crippen MR) is 95.0 cm³/mol. The van der Waals surface area contributed by atoms with Gasteiger partial charge in [0.2, 0.25) is 5.28 Å². The zero-order chi connectivity index (χ0) is 16.8. The Morgan fingerprint density at radius 3 is 2.62 bits per heavy atom. The van der Waals surface area contributed by atoms with E-state index in [4.69, 9.17) is 23.2 Å².